The summed E-state index contributed by atoms with van der Waals surface area (Å²) in [5.41, 5.74) is 0.414. The zero-order valence-electron chi connectivity index (χ0n) is 11.5. The molecule has 1 saturated carbocycles. The maximum absolute atomic E-state index is 11.2. The Hall–Kier alpha value is -1.62. The van der Waals surface area contributed by atoms with Crippen molar-refractivity contribution in [2.45, 2.75) is 44.6 Å². The molecule has 1 heterocycles. The summed E-state index contributed by atoms with van der Waals surface area (Å²) in [5, 5.41) is 21.6. The molecule has 0 aromatic carbocycles. The van der Waals surface area contributed by atoms with Gasteiger partial charge in [0.25, 0.3) is 0 Å². The number of pyridine rings is 1. The number of carboxylic acid groups (broad SMARTS) is 1. The molecule has 1 aromatic rings. The van der Waals surface area contributed by atoms with Crippen LogP contribution in [-0.4, -0.2) is 33.3 Å². The molecule has 19 heavy (non-hydrogen) atoms. The fourth-order valence-electron chi connectivity index (χ4n) is 1.85. The molecule has 0 saturated heterocycles. The minimum Gasteiger partial charge on any atom is -0.478 e. The van der Waals surface area contributed by atoms with Crippen LogP contribution in [0.5, 0.6) is 0 Å². The van der Waals surface area contributed by atoms with Crippen LogP contribution in [0.3, 0.4) is 0 Å². The van der Waals surface area contributed by atoms with Crippen LogP contribution in [0, 0.1) is 0 Å². The monoisotopic (exact) mass is 264 g/mol. The van der Waals surface area contributed by atoms with E-state index in [1.807, 2.05) is 20.8 Å². The van der Waals surface area contributed by atoms with Crippen LogP contribution >= 0.6 is 0 Å². The van der Waals surface area contributed by atoms with Crippen molar-refractivity contribution in [2.75, 3.05) is 11.9 Å². The first-order valence-corrected chi connectivity index (χ1v) is 6.41. The van der Waals surface area contributed by atoms with Gasteiger partial charge in [-0.1, -0.05) is 20.8 Å². The predicted molar refractivity (Wildman–Crippen MR) is 72.6 cm³/mol. The van der Waals surface area contributed by atoms with Crippen molar-refractivity contribution >= 4 is 11.8 Å². The van der Waals surface area contributed by atoms with Gasteiger partial charge in [-0.25, -0.2) is 9.78 Å². The number of anilines is 1. The first-order valence-electron chi connectivity index (χ1n) is 6.41. The smallest absolute Gasteiger partial charge is 0.335 e. The molecule has 0 unspecified atom stereocenters. The van der Waals surface area contributed by atoms with Crippen molar-refractivity contribution in [2.24, 2.45) is 0 Å². The molecule has 0 spiro atoms. The van der Waals surface area contributed by atoms with Crippen molar-refractivity contribution in [3.63, 3.8) is 0 Å². The normalized spacial score (nSPS) is 17.1. The summed E-state index contributed by atoms with van der Waals surface area (Å²) in [7, 11) is 0. The van der Waals surface area contributed by atoms with Gasteiger partial charge in [0, 0.05) is 11.1 Å². The third-order valence-electron chi connectivity index (χ3n) is 3.39. The van der Waals surface area contributed by atoms with Gasteiger partial charge in [0.1, 0.15) is 5.82 Å². The topological polar surface area (TPSA) is 82.5 Å². The molecule has 0 aliphatic heterocycles. The Morgan fingerprint density at radius 3 is 2.47 bits per heavy atom. The lowest BCUT2D eigenvalue weighted by molar-refractivity contribution is 0.0696. The summed E-state index contributed by atoms with van der Waals surface area (Å²) in [6.07, 6.45) is 1.76. The second-order valence-corrected chi connectivity index (χ2v) is 6.24. The van der Waals surface area contributed by atoms with E-state index < -0.39 is 5.97 Å². The molecule has 104 valence electrons. The maximum atomic E-state index is 11.2. The van der Waals surface area contributed by atoms with Crippen LogP contribution in [-0.2, 0) is 5.41 Å². The van der Waals surface area contributed by atoms with Crippen LogP contribution in [0.25, 0.3) is 0 Å². The highest BCUT2D eigenvalue weighted by Crippen LogP contribution is 2.38. The first-order chi connectivity index (χ1) is 8.76. The van der Waals surface area contributed by atoms with Crippen LogP contribution < -0.4 is 5.32 Å². The largest absolute Gasteiger partial charge is 0.478 e. The van der Waals surface area contributed by atoms with Gasteiger partial charge in [0.2, 0.25) is 0 Å². The number of hydrogen-bond donors (Lipinski definition) is 3. The van der Waals surface area contributed by atoms with Crippen molar-refractivity contribution in [1.29, 1.82) is 0 Å². The van der Waals surface area contributed by atoms with Gasteiger partial charge >= 0.3 is 5.97 Å². The van der Waals surface area contributed by atoms with Crippen molar-refractivity contribution < 1.29 is 15.0 Å². The standard InChI is InChI=1S/C14H20N2O3/c1-13(2,3)10-6-9(12(18)19)7-11(15-10)16-14(8-17)4-5-14/h6-7,17H,4-5,8H2,1-3H3,(H,15,16)(H,18,19). The fourth-order valence-corrected chi connectivity index (χ4v) is 1.85. The highest BCUT2D eigenvalue weighted by molar-refractivity contribution is 5.88. The molecule has 1 aliphatic rings. The summed E-state index contributed by atoms with van der Waals surface area (Å²) in [5.74, 6) is -0.443. The van der Waals surface area contributed by atoms with Gasteiger partial charge in [-0.3, -0.25) is 0 Å². The summed E-state index contributed by atoms with van der Waals surface area (Å²) >= 11 is 0. The molecule has 0 atom stereocenters. The predicted octanol–water partition coefficient (Wildman–Crippen LogP) is 2.01. The lowest BCUT2D eigenvalue weighted by atomic mass is 9.90. The van der Waals surface area contributed by atoms with Crippen molar-refractivity contribution in [3.05, 3.63) is 23.4 Å². The van der Waals surface area contributed by atoms with E-state index in [2.05, 4.69) is 10.3 Å². The van der Waals surface area contributed by atoms with Gasteiger partial charge in [0.05, 0.1) is 17.7 Å². The minimum absolute atomic E-state index is 0.0385. The molecule has 5 heteroatoms. The van der Waals surface area contributed by atoms with E-state index in [0.717, 1.165) is 18.5 Å². The average Bonchev–Trinajstić information content (AvgIpc) is 3.08. The van der Waals surface area contributed by atoms with Crippen molar-refractivity contribution in [3.8, 4) is 0 Å². The third-order valence-corrected chi connectivity index (χ3v) is 3.39. The SMILES string of the molecule is CC(C)(C)c1cc(C(=O)O)cc(NC2(CO)CC2)n1. The molecule has 1 fully saturated rings. The molecule has 2 rings (SSSR count). The lowest BCUT2D eigenvalue weighted by Gasteiger charge is -2.21. The summed E-state index contributed by atoms with van der Waals surface area (Å²) in [4.78, 5) is 15.7. The van der Waals surface area contributed by atoms with Crippen molar-refractivity contribution in [1.82, 2.24) is 4.98 Å². The number of aliphatic hydroxyl groups is 1. The molecule has 1 aliphatic carbocycles. The molecular formula is C14H20N2O3. The van der Waals surface area contributed by atoms with Crippen LogP contribution in [0.1, 0.15) is 49.7 Å². The van der Waals surface area contributed by atoms with E-state index in [-0.39, 0.29) is 23.1 Å². The molecule has 3 N–H and O–H groups in total. The quantitative estimate of drug-likeness (QED) is 0.775. The Morgan fingerprint density at radius 2 is 2.05 bits per heavy atom. The van der Waals surface area contributed by atoms with Gasteiger partial charge in [-0.15, -0.1) is 0 Å². The number of aromatic carboxylic acids is 1. The van der Waals surface area contributed by atoms with Crippen LogP contribution in [0.4, 0.5) is 5.82 Å². The number of aliphatic hydroxyl groups excluding tert-OH is 1. The van der Waals surface area contributed by atoms with Crippen LogP contribution in [0.15, 0.2) is 12.1 Å². The molecule has 0 radical (unpaired) electrons. The average molecular weight is 264 g/mol. The molecule has 0 amide bonds. The second-order valence-electron chi connectivity index (χ2n) is 6.24. The highest BCUT2D eigenvalue weighted by atomic mass is 16.4. The molecular weight excluding hydrogens is 244 g/mol. The van der Waals surface area contributed by atoms with E-state index >= 15 is 0 Å². The van der Waals surface area contributed by atoms with E-state index in [9.17, 15) is 9.90 Å². The Kier molecular flexibility index (Phi) is 3.26. The zero-order chi connectivity index (χ0) is 14.3. The highest BCUT2D eigenvalue weighted by Gasteiger charge is 2.42. The number of hydrogen-bond acceptors (Lipinski definition) is 4. The lowest BCUT2D eigenvalue weighted by Crippen LogP contribution is -2.27. The Balaban J connectivity index is 2.37. The van der Waals surface area contributed by atoms with Gasteiger partial charge in [0.15, 0.2) is 0 Å². The van der Waals surface area contributed by atoms with E-state index in [0.29, 0.717) is 5.82 Å². The number of carbonyl (C=O) groups is 1. The summed E-state index contributed by atoms with van der Waals surface area (Å²) in [6.45, 7) is 6.01. The maximum Gasteiger partial charge on any atom is 0.335 e. The Morgan fingerprint density at radius 1 is 1.42 bits per heavy atom. The van der Waals surface area contributed by atoms with Gasteiger partial charge in [-0.2, -0.15) is 0 Å². The van der Waals surface area contributed by atoms with Crippen LogP contribution in [0.2, 0.25) is 0 Å². The van der Waals surface area contributed by atoms with Gasteiger partial charge < -0.3 is 15.5 Å². The number of nitrogens with zero attached hydrogens (tertiary/aromatic N) is 1. The third kappa shape index (κ3) is 3.04. The molecule has 0 bridgehead atoms. The number of rotatable bonds is 4. The summed E-state index contributed by atoms with van der Waals surface area (Å²) in [6, 6.07) is 3.12. The first kappa shape index (κ1) is 13.8. The zero-order valence-corrected chi connectivity index (χ0v) is 11.5. The minimum atomic E-state index is -0.968. The number of aromatic nitrogens is 1. The fraction of sp³-hybridized carbons (Fsp3) is 0.571. The van der Waals surface area contributed by atoms with E-state index in [1.54, 1.807) is 6.07 Å². The van der Waals surface area contributed by atoms with E-state index in [4.69, 9.17) is 5.11 Å². The summed E-state index contributed by atoms with van der Waals surface area (Å²) < 4.78 is 0. The number of nitrogens with one attached hydrogen (secondary N) is 1. The Labute approximate surface area is 112 Å². The Bertz CT molecular complexity index is 502. The number of carboxylic acids is 1. The second kappa shape index (κ2) is 4.49. The molecule has 1 aromatic heterocycles. The van der Waals surface area contributed by atoms with Gasteiger partial charge in [-0.05, 0) is 25.0 Å². The molecule has 5 nitrogen and oxygen atoms in total. The van der Waals surface area contributed by atoms with E-state index in [1.165, 1.54) is 6.07 Å².